The van der Waals surface area contributed by atoms with E-state index in [0.717, 1.165) is 12.2 Å². The molecule has 1 aromatic heterocycles. The third-order valence-corrected chi connectivity index (χ3v) is 4.84. The van der Waals surface area contributed by atoms with Gasteiger partial charge < -0.3 is 11.1 Å². The Labute approximate surface area is 125 Å². The van der Waals surface area contributed by atoms with Gasteiger partial charge in [-0.15, -0.1) is 11.3 Å². The second-order valence-corrected chi connectivity index (χ2v) is 6.87. The van der Waals surface area contributed by atoms with Crippen LogP contribution in [0, 0.1) is 5.82 Å². The average Bonchev–Trinajstić information content (AvgIpc) is 2.86. The minimum absolute atomic E-state index is 0.00146. The number of halogens is 2. The van der Waals surface area contributed by atoms with Crippen LogP contribution in [0.5, 0.6) is 0 Å². The van der Waals surface area contributed by atoms with Crippen molar-refractivity contribution in [3.05, 3.63) is 44.8 Å². The van der Waals surface area contributed by atoms with E-state index in [1.807, 2.05) is 6.07 Å². The number of nitrogen functional groups attached to an aromatic ring is 1. The van der Waals surface area contributed by atoms with Gasteiger partial charge in [-0.3, -0.25) is 0 Å². The molecule has 0 saturated carbocycles. The highest BCUT2D eigenvalue weighted by Gasteiger charge is 2.21. The first-order valence-electron chi connectivity index (χ1n) is 5.92. The number of rotatable bonds is 4. The van der Waals surface area contributed by atoms with Crippen molar-refractivity contribution in [3.8, 4) is 0 Å². The number of nitrogens with one attached hydrogen (secondary N) is 1. The summed E-state index contributed by atoms with van der Waals surface area (Å²) < 4.78 is 13.7. The normalized spacial score (nSPS) is 11.6. The summed E-state index contributed by atoms with van der Waals surface area (Å²) in [6.07, 6.45) is 0. The number of hydrogen-bond donors (Lipinski definition) is 2. The highest BCUT2D eigenvalue weighted by molar-refractivity contribution is 9.10. The number of benzene rings is 1. The lowest BCUT2D eigenvalue weighted by Gasteiger charge is -2.25. The van der Waals surface area contributed by atoms with Crippen LogP contribution < -0.4 is 11.1 Å². The summed E-state index contributed by atoms with van der Waals surface area (Å²) in [5, 5.41) is 5.36. The van der Waals surface area contributed by atoms with Gasteiger partial charge in [0.2, 0.25) is 0 Å². The fourth-order valence-electron chi connectivity index (χ4n) is 1.78. The van der Waals surface area contributed by atoms with Crippen molar-refractivity contribution in [2.24, 2.45) is 0 Å². The maximum atomic E-state index is 13.3. The molecule has 102 valence electrons. The highest BCUT2D eigenvalue weighted by atomic mass is 79.9. The summed E-state index contributed by atoms with van der Waals surface area (Å²) in [6, 6.07) is 7.17. The van der Waals surface area contributed by atoms with Gasteiger partial charge in [-0.1, -0.05) is 19.9 Å². The van der Waals surface area contributed by atoms with E-state index in [-0.39, 0.29) is 11.2 Å². The van der Waals surface area contributed by atoms with Gasteiger partial charge in [-0.25, -0.2) is 4.39 Å². The molecule has 0 fully saturated rings. The molecule has 0 radical (unpaired) electrons. The van der Waals surface area contributed by atoms with E-state index in [2.05, 4.69) is 46.5 Å². The average molecular weight is 343 g/mol. The number of nitrogens with two attached hydrogens (primary N) is 1. The zero-order valence-corrected chi connectivity index (χ0v) is 13.2. The Kier molecular flexibility index (Phi) is 4.16. The van der Waals surface area contributed by atoms with Crippen LogP contribution in [0.15, 0.2) is 34.1 Å². The van der Waals surface area contributed by atoms with Gasteiger partial charge in [0, 0.05) is 22.9 Å². The lowest BCUT2D eigenvalue weighted by atomic mass is 9.91. The Morgan fingerprint density at radius 1 is 1.42 bits per heavy atom. The molecular formula is C14H16BrFN2S. The molecule has 3 N–H and O–H groups in total. The molecule has 0 atom stereocenters. The number of hydrogen-bond acceptors (Lipinski definition) is 3. The minimum atomic E-state index is -0.347. The van der Waals surface area contributed by atoms with Gasteiger partial charge in [0.05, 0.1) is 15.8 Å². The molecule has 0 unspecified atom stereocenters. The zero-order valence-electron chi connectivity index (χ0n) is 10.8. The van der Waals surface area contributed by atoms with Gasteiger partial charge in [0.1, 0.15) is 5.82 Å². The van der Waals surface area contributed by atoms with Crippen LogP contribution in [0.25, 0.3) is 0 Å². The highest BCUT2D eigenvalue weighted by Crippen LogP contribution is 2.30. The first-order valence-corrected chi connectivity index (χ1v) is 7.60. The van der Waals surface area contributed by atoms with Crippen LogP contribution in [0.2, 0.25) is 0 Å². The van der Waals surface area contributed by atoms with Gasteiger partial charge in [-0.2, -0.15) is 0 Å². The number of anilines is 2. The molecule has 0 spiro atoms. The third-order valence-electron chi connectivity index (χ3n) is 3.00. The third kappa shape index (κ3) is 3.28. The van der Waals surface area contributed by atoms with E-state index in [0.29, 0.717) is 10.2 Å². The van der Waals surface area contributed by atoms with E-state index in [9.17, 15) is 4.39 Å². The lowest BCUT2D eigenvalue weighted by molar-refractivity contribution is 0.569. The summed E-state index contributed by atoms with van der Waals surface area (Å²) >= 11 is 4.91. The quantitative estimate of drug-likeness (QED) is 0.795. The Bertz CT molecular complexity index is 567. The molecule has 2 aromatic rings. The van der Waals surface area contributed by atoms with Crippen molar-refractivity contribution in [2.75, 3.05) is 17.6 Å². The van der Waals surface area contributed by atoms with Crippen LogP contribution >= 0.6 is 27.3 Å². The van der Waals surface area contributed by atoms with Crippen LogP contribution in [0.1, 0.15) is 18.7 Å². The van der Waals surface area contributed by atoms with Crippen LogP contribution in [-0.4, -0.2) is 6.54 Å². The van der Waals surface area contributed by atoms with Crippen LogP contribution in [-0.2, 0) is 5.41 Å². The molecule has 0 amide bonds. The molecule has 0 aliphatic rings. The maximum absolute atomic E-state index is 13.3. The first kappa shape index (κ1) is 14.3. The fraction of sp³-hybridized carbons (Fsp3) is 0.286. The SMILES string of the molecule is CC(C)(CNc1cc(Br)c(F)cc1N)c1cccs1. The van der Waals surface area contributed by atoms with Crippen molar-refractivity contribution in [2.45, 2.75) is 19.3 Å². The second kappa shape index (κ2) is 5.51. The molecule has 2 nitrogen and oxygen atoms in total. The van der Waals surface area contributed by atoms with Gasteiger partial charge in [0.25, 0.3) is 0 Å². The molecular weight excluding hydrogens is 327 g/mol. The molecule has 1 aromatic carbocycles. The van der Waals surface area contributed by atoms with Crippen molar-refractivity contribution < 1.29 is 4.39 Å². The van der Waals surface area contributed by atoms with Crippen LogP contribution in [0.4, 0.5) is 15.8 Å². The van der Waals surface area contributed by atoms with E-state index in [4.69, 9.17) is 5.73 Å². The molecule has 2 rings (SSSR count). The maximum Gasteiger partial charge on any atom is 0.139 e. The Morgan fingerprint density at radius 3 is 2.79 bits per heavy atom. The first-order chi connectivity index (χ1) is 8.90. The van der Waals surface area contributed by atoms with E-state index in [1.165, 1.54) is 10.9 Å². The second-order valence-electron chi connectivity index (χ2n) is 5.07. The van der Waals surface area contributed by atoms with E-state index in [1.54, 1.807) is 17.4 Å². The Morgan fingerprint density at radius 2 is 2.16 bits per heavy atom. The molecule has 0 aliphatic carbocycles. The van der Waals surface area contributed by atoms with Crippen molar-refractivity contribution >= 4 is 38.6 Å². The Balaban J connectivity index is 2.13. The minimum Gasteiger partial charge on any atom is -0.397 e. The van der Waals surface area contributed by atoms with Gasteiger partial charge in [-0.05, 0) is 33.4 Å². The topological polar surface area (TPSA) is 38.0 Å². The van der Waals surface area contributed by atoms with E-state index >= 15 is 0 Å². The lowest BCUT2D eigenvalue weighted by Crippen LogP contribution is -2.26. The smallest absolute Gasteiger partial charge is 0.139 e. The predicted octanol–water partition coefficient (Wildman–Crippen LogP) is 4.62. The molecule has 0 saturated heterocycles. The zero-order chi connectivity index (χ0) is 14.0. The van der Waals surface area contributed by atoms with Gasteiger partial charge >= 0.3 is 0 Å². The summed E-state index contributed by atoms with van der Waals surface area (Å²) in [5.74, 6) is -0.347. The van der Waals surface area contributed by atoms with E-state index < -0.39 is 0 Å². The summed E-state index contributed by atoms with van der Waals surface area (Å²) in [5.41, 5.74) is 6.99. The molecule has 1 heterocycles. The van der Waals surface area contributed by atoms with Gasteiger partial charge in [0.15, 0.2) is 0 Å². The van der Waals surface area contributed by atoms with Crippen molar-refractivity contribution in [1.29, 1.82) is 0 Å². The monoisotopic (exact) mass is 342 g/mol. The van der Waals surface area contributed by atoms with Crippen molar-refractivity contribution in [3.63, 3.8) is 0 Å². The standard InChI is InChI=1S/C14H16BrFN2S/c1-14(2,13-4-3-5-19-13)8-18-12-6-9(15)10(16)7-11(12)17/h3-7,18H,8,17H2,1-2H3. The molecule has 5 heteroatoms. The predicted molar refractivity (Wildman–Crippen MR) is 84.3 cm³/mol. The summed E-state index contributed by atoms with van der Waals surface area (Å²) in [4.78, 5) is 1.31. The van der Waals surface area contributed by atoms with Crippen molar-refractivity contribution in [1.82, 2.24) is 0 Å². The molecule has 0 bridgehead atoms. The largest absolute Gasteiger partial charge is 0.397 e. The fourth-order valence-corrected chi connectivity index (χ4v) is 2.98. The summed E-state index contributed by atoms with van der Waals surface area (Å²) in [7, 11) is 0. The van der Waals surface area contributed by atoms with Crippen LogP contribution in [0.3, 0.4) is 0 Å². The Hall–Kier alpha value is -1.07. The molecule has 19 heavy (non-hydrogen) atoms. The summed E-state index contributed by atoms with van der Waals surface area (Å²) in [6.45, 7) is 5.07. The number of thiophene rings is 1. The molecule has 0 aliphatic heterocycles.